The Morgan fingerprint density at radius 1 is 1.10 bits per heavy atom. The Morgan fingerprint density at radius 2 is 1.97 bits per heavy atom. The molecule has 0 spiro atoms. The summed E-state index contributed by atoms with van der Waals surface area (Å²) in [5.41, 5.74) is 1.39. The second-order valence-corrected chi connectivity index (χ2v) is 6.64. The summed E-state index contributed by atoms with van der Waals surface area (Å²) in [6.45, 7) is 0.129. The number of anilines is 1. The molecule has 0 atom stereocenters. The second kappa shape index (κ2) is 8.53. The molecule has 0 fully saturated rings. The van der Waals surface area contributed by atoms with Crippen LogP contribution in [0.3, 0.4) is 0 Å². The first kappa shape index (κ1) is 18.6. The molecule has 0 aliphatic carbocycles. The molecule has 3 aromatic carbocycles. The van der Waals surface area contributed by atoms with Crippen LogP contribution in [0.4, 0.5) is 5.69 Å². The van der Waals surface area contributed by atoms with Crippen molar-refractivity contribution in [1.29, 1.82) is 0 Å². The highest BCUT2D eigenvalue weighted by Gasteiger charge is 2.09. The minimum Gasteiger partial charge on any atom is -0.483 e. The summed E-state index contributed by atoms with van der Waals surface area (Å²) in [5.74, 6) is 0.623. The van der Waals surface area contributed by atoms with Gasteiger partial charge < -0.3 is 10.1 Å². The molecule has 0 aliphatic heterocycles. The van der Waals surface area contributed by atoms with Crippen molar-refractivity contribution in [2.45, 2.75) is 6.61 Å². The van der Waals surface area contributed by atoms with Crippen molar-refractivity contribution in [2.75, 3.05) is 5.32 Å². The SMILES string of the molecule is O=C(C=Cc1ccc2ccccc2c1)Nc1cc(Cl)ccc1OCc1nnn[nH]1. The standard InChI is InChI=1S/C21H16ClN5O2/c22-17-8-9-19(29-13-20-24-26-27-25-20)18(12-17)23-21(28)10-6-14-5-7-15-3-1-2-4-16(15)11-14/h1-12H,13H2,(H,23,28)(H,24,25,26,27). The lowest BCUT2D eigenvalue weighted by Crippen LogP contribution is -2.10. The summed E-state index contributed by atoms with van der Waals surface area (Å²) < 4.78 is 5.68. The van der Waals surface area contributed by atoms with Crippen molar-refractivity contribution in [3.63, 3.8) is 0 Å². The molecule has 4 aromatic rings. The van der Waals surface area contributed by atoms with E-state index in [1.807, 2.05) is 42.5 Å². The van der Waals surface area contributed by atoms with Crippen molar-refractivity contribution in [3.8, 4) is 5.75 Å². The van der Waals surface area contributed by atoms with Gasteiger partial charge in [-0.25, -0.2) is 5.10 Å². The van der Waals surface area contributed by atoms with Gasteiger partial charge in [-0.15, -0.1) is 5.10 Å². The molecule has 29 heavy (non-hydrogen) atoms. The number of aromatic amines is 1. The Bertz CT molecular complexity index is 1170. The fourth-order valence-corrected chi connectivity index (χ4v) is 2.94. The van der Waals surface area contributed by atoms with Crippen LogP contribution in [-0.2, 0) is 11.4 Å². The number of carbonyl (C=O) groups is 1. The lowest BCUT2D eigenvalue weighted by molar-refractivity contribution is -0.111. The van der Waals surface area contributed by atoms with Crippen molar-refractivity contribution >= 4 is 40.0 Å². The van der Waals surface area contributed by atoms with E-state index in [9.17, 15) is 4.79 Å². The highest BCUT2D eigenvalue weighted by molar-refractivity contribution is 6.31. The van der Waals surface area contributed by atoms with Crippen molar-refractivity contribution in [3.05, 3.63) is 83.2 Å². The van der Waals surface area contributed by atoms with Gasteiger partial charge in [0.25, 0.3) is 0 Å². The van der Waals surface area contributed by atoms with Crippen molar-refractivity contribution < 1.29 is 9.53 Å². The minimum atomic E-state index is -0.299. The molecule has 2 N–H and O–H groups in total. The molecule has 8 heteroatoms. The number of H-pyrrole nitrogens is 1. The number of carbonyl (C=O) groups excluding carboxylic acids is 1. The van der Waals surface area contributed by atoms with E-state index >= 15 is 0 Å². The number of nitrogens with one attached hydrogen (secondary N) is 2. The molecule has 0 unspecified atom stereocenters. The van der Waals surface area contributed by atoms with E-state index in [2.05, 4.69) is 25.9 Å². The first-order chi connectivity index (χ1) is 14.2. The number of hydrogen-bond donors (Lipinski definition) is 2. The van der Waals surface area contributed by atoms with Crippen molar-refractivity contribution in [2.24, 2.45) is 0 Å². The van der Waals surface area contributed by atoms with Crippen LogP contribution in [0.25, 0.3) is 16.8 Å². The fraction of sp³-hybridized carbons (Fsp3) is 0.0476. The van der Waals surface area contributed by atoms with Gasteiger partial charge in [-0.3, -0.25) is 4.79 Å². The molecule has 1 aromatic heterocycles. The number of benzene rings is 3. The number of amides is 1. The average Bonchev–Trinajstić information content (AvgIpc) is 3.25. The van der Waals surface area contributed by atoms with Gasteiger partial charge in [0.2, 0.25) is 5.91 Å². The normalized spacial score (nSPS) is 11.1. The summed E-state index contributed by atoms with van der Waals surface area (Å²) in [5, 5.41) is 18.9. The lowest BCUT2D eigenvalue weighted by atomic mass is 10.1. The number of nitrogens with zero attached hydrogens (tertiary/aromatic N) is 3. The summed E-state index contributed by atoms with van der Waals surface area (Å²) >= 11 is 6.07. The van der Waals surface area contributed by atoms with E-state index in [4.69, 9.17) is 16.3 Å². The summed E-state index contributed by atoms with van der Waals surface area (Å²) in [7, 11) is 0. The van der Waals surface area contributed by atoms with Crippen LogP contribution in [0.1, 0.15) is 11.4 Å². The summed E-state index contributed by atoms with van der Waals surface area (Å²) in [4.78, 5) is 12.4. The van der Waals surface area contributed by atoms with Crippen LogP contribution in [0, 0.1) is 0 Å². The van der Waals surface area contributed by atoms with Crippen LogP contribution in [0.5, 0.6) is 5.75 Å². The molecule has 0 saturated carbocycles. The number of ether oxygens (including phenoxy) is 1. The molecule has 0 bridgehead atoms. The highest BCUT2D eigenvalue weighted by Crippen LogP contribution is 2.28. The number of fused-ring (bicyclic) bond motifs is 1. The largest absolute Gasteiger partial charge is 0.483 e. The Morgan fingerprint density at radius 3 is 2.79 bits per heavy atom. The Hall–Kier alpha value is -3.71. The van der Waals surface area contributed by atoms with Gasteiger partial charge in [-0.05, 0) is 57.1 Å². The topological polar surface area (TPSA) is 92.8 Å². The van der Waals surface area contributed by atoms with E-state index in [1.54, 1.807) is 24.3 Å². The van der Waals surface area contributed by atoms with E-state index in [1.165, 1.54) is 6.08 Å². The quantitative estimate of drug-likeness (QED) is 0.468. The number of hydrogen-bond acceptors (Lipinski definition) is 5. The Kier molecular flexibility index (Phi) is 5.49. The maximum atomic E-state index is 12.4. The van der Waals surface area contributed by atoms with Gasteiger partial charge in [0.15, 0.2) is 5.82 Å². The predicted octanol–water partition coefficient (Wildman–Crippen LogP) is 4.24. The van der Waals surface area contributed by atoms with Gasteiger partial charge in [0, 0.05) is 11.1 Å². The second-order valence-electron chi connectivity index (χ2n) is 6.21. The number of aromatic nitrogens is 4. The van der Waals surface area contributed by atoms with E-state index < -0.39 is 0 Å². The molecular weight excluding hydrogens is 390 g/mol. The molecule has 7 nitrogen and oxygen atoms in total. The summed E-state index contributed by atoms with van der Waals surface area (Å²) in [6, 6.07) is 19.0. The zero-order valence-corrected chi connectivity index (χ0v) is 15.9. The average molecular weight is 406 g/mol. The number of rotatable bonds is 6. The third-order valence-electron chi connectivity index (χ3n) is 4.15. The van der Waals surface area contributed by atoms with Crippen molar-refractivity contribution in [1.82, 2.24) is 20.6 Å². The zero-order valence-electron chi connectivity index (χ0n) is 15.2. The minimum absolute atomic E-state index is 0.129. The third-order valence-corrected chi connectivity index (χ3v) is 4.39. The maximum absolute atomic E-state index is 12.4. The van der Waals surface area contributed by atoms with Crippen LogP contribution < -0.4 is 10.1 Å². The first-order valence-corrected chi connectivity index (χ1v) is 9.18. The first-order valence-electron chi connectivity index (χ1n) is 8.80. The fourth-order valence-electron chi connectivity index (χ4n) is 2.77. The van der Waals surface area contributed by atoms with E-state index in [0.717, 1.165) is 16.3 Å². The lowest BCUT2D eigenvalue weighted by Gasteiger charge is -2.11. The zero-order chi connectivity index (χ0) is 20.1. The molecule has 144 valence electrons. The van der Waals surface area contributed by atoms with Crippen LogP contribution in [-0.4, -0.2) is 26.5 Å². The predicted molar refractivity (Wildman–Crippen MR) is 112 cm³/mol. The molecular formula is C21H16ClN5O2. The molecule has 1 amide bonds. The van der Waals surface area contributed by atoms with Crippen LogP contribution in [0.15, 0.2) is 66.7 Å². The smallest absolute Gasteiger partial charge is 0.248 e. The van der Waals surface area contributed by atoms with Crippen LogP contribution >= 0.6 is 11.6 Å². The molecule has 1 heterocycles. The van der Waals surface area contributed by atoms with Crippen LogP contribution in [0.2, 0.25) is 5.02 Å². The maximum Gasteiger partial charge on any atom is 0.248 e. The summed E-state index contributed by atoms with van der Waals surface area (Å²) in [6.07, 6.45) is 3.22. The highest BCUT2D eigenvalue weighted by atomic mass is 35.5. The Labute approximate surface area is 171 Å². The third kappa shape index (κ3) is 4.77. The number of tetrazole rings is 1. The molecule has 0 saturated heterocycles. The number of halogens is 1. The molecule has 0 radical (unpaired) electrons. The van der Waals surface area contributed by atoms with Gasteiger partial charge >= 0.3 is 0 Å². The Balaban J connectivity index is 1.46. The van der Waals surface area contributed by atoms with Gasteiger partial charge in [0.1, 0.15) is 12.4 Å². The van der Waals surface area contributed by atoms with Gasteiger partial charge in [-0.1, -0.05) is 48.0 Å². The van der Waals surface area contributed by atoms with E-state index in [0.29, 0.717) is 22.3 Å². The van der Waals surface area contributed by atoms with Gasteiger partial charge in [-0.2, -0.15) is 0 Å². The van der Waals surface area contributed by atoms with Gasteiger partial charge in [0.05, 0.1) is 5.69 Å². The van der Waals surface area contributed by atoms with E-state index in [-0.39, 0.29) is 12.5 Å². The molecule has 0 aliphatic rings. The monoisotopic (exact) mass is 405 g/mol. The molecule has 4 rings (SSSR count).